The van der Waals surface area contributed by atoms with Crippen molar-refractivity contribution in [3.63, 3.8) is 0 Å². The Labute approximate surface area is 165 Å². The second kappa shape index (κ2) is 7.94. The van der Waals surface area contributed by atoms with Gasteiger partial charge >= 0.3 is 5.97 Å². The van der Waals surface area contributed by atoms with Gasteiger partial charge in [-0.05, 0) is 44.2 Å². The van der Waals surface area contributed by atoms with Crippen LogP contribution >= 0.6 is 23.2 Å². The molecule has 1 heterocycles. The minimum atomic E-state index is -1.05. The third kappa shape index (κ3) is 4.04. The summed E-state index contributed by atoms with van der Waals surface area (Å²) in [5.41, 5.74) is 1.94. The molecular formula is C18H16Cl2N4O3. The molecule has 0 spiro atoms. The van der Waals surface area contributed by atoms with Gasteiger partial charge in [-0.25, -0.2) is 9.48 Å². The molecule has 0 unspecified atom stereocenters. The summed E-state index contributed by atoms with van der Waals surface area (Å²) in [4.78, 5) is 24.7. The first-order valence-corrected chi connectivity index (χ1v) is 8.95. The summed E-state index contributed by atoms with van der Waals surface area (Å²) >= 11 is 12.1. The zero-order valence-electron chi connectivity index (χ0n) is 14.6. The van der Waals surface area contributed by atoms with E-state index in [0.717, 1.165) is 5.52 Å². The smallest absolute Gasteiger partial charge is 0.338 e. The Balaban J connectivity index is 1.70. The van der Waals surface area contributed by atoms with Crippen LogP contribution in [0, 0.1) is 0 Å². The van der Waals surface area contributed by atoms with Gasteiger partial charge in [-0.3, -0.25) is 4.79 Å². The molecule has 27 heavy (non-hydrogen) atoms. The normalized spacial score (nSPS) is 12.0. The van der Waals surface area contributed by atoms with Crippen LogP contribution in [-0.2, 0) is 16.1 Å². The molecule has 0 bridgehead atoms. The van der Waals surface area contributed by atoms with E-state index >= 15 is 0 Å². The number of benzene rings is 2. The average Bonchev–Trinajstić information content (AvgIpc) is 3.06. The summed E-state index contributed by atoms with van der Waals surface area (Å²) < 4.78 is 6.96. The lowest BCUT2D eigenvalue weighted by Gasteiger charge is -2.15. The lowest BCUT2D eigenvalue weighted by molar-refractivity contribution is -0.123. The monoisotopic (exact) mass is 406 g/mol. The van der Waals surface area contributed by atoms with Crippen LogP contribution in [0.3, 0.4) is 0 Å². The number of esters is 1. The number of carbonyl (C=O) groups excluding carboxylic acids is 2. The quantitative estimate of drug-likeness (QED) is 0.648. The summed E-state index contributed by atoms with van der Waals surface area (Å²) in [6.07, 6.45) is -1.05. The number of nitrogens with one attached hydrogen (secondary N) is 1. The third-order valence-electron chi connectivity index (χ3n) is 3.91. The molecule has 2 aromatic carbocycles. The molecule has 9 heteroatoms. The molecule has 0 aliphatic heterocycles. The lowest BCUT2D eigenvalue weighted by atomic mass is 10.2. The van der Waals surface area contributed by atoms with Crippen molar-refractivity contribution >= 4 is 51.8 Å². The van der Waals surface area contributed by atoms with Gasteiger partial charge in [-0.2, -0.15) is 0 Å². The van der Waals surface area contributed by atoms with E-state index in [4.69, 9.17) is 27.9 Å². The summed E-state index contributed by atoms with van der Waals surface area (Å²) in [7, 11) is 0. The summed E-state index contributed by atoms with van der Waals surface area (Å²) in [6, 6.07) is 9.78. The van der Waals surface area contributed by atoms with Gasteiger partial charge in [0, 0.05) is 6.54 Å². The molecule has 3 aromatic rings. The minimum absolute atomic E-state index is 0.270. The van der Waals surface area contributed by atoms with Crippen LogP contribution in [-0.4, -0.2) is 33.0 Å². The first-order chi connectivity index (χ1) is 12.9. The number of aromatic nitrogens is 3. The van der Waals surface area contributed by atoms with E-state index in [2.05, 4.69) is 15.6 Å². The van der Waals surface area contributed by atoms with Crippen molar-refractivity contribution in [1.29, 1.82) is 0 Å². The van der Waals surface area contributed by atoms with Crippen LogP contribution in [0.2, 0.25) is 10.0 Å². The molecule has 7 nitrogen and oxygen atoms in total. The standard InChI is InChI=1S/C18H16Cl2N4O3/c1-3-24-15-8-7-11(9-14(15)22-23-24)18(26)27-10(2)17(25)21-16-12(19)5-4-6-13(16)20/h4-10H,3H2,1-2H3,(H,21,25)/t10-/m0/s1. The predicted octanol–water partition coefficient (Wildman–Crippen LogP) is 3.94. The first kappa shape index (κ1) is 19.1. The van der Waals surface area contributed by atoms with Gasteiger partial charge in [0.05, 0.1) is 26.8 Å². The van der Waals surface area contributed by atoms with Gasteiger partial charge in [-0.1, -0.05) is 34.5 Å². The van der Waals surface area contributed by atoms with E-state index in [-0.39, 0.29) is 11.3 Å². The van der Waals surface area contributed by atoms with Gasteiger partial charge in [0.25, 0.3) is 5.91 Å². The summed E-state index contributed by atoms with van der Waals surface area (Å²) in [6.45, 7) is 4.08. The Bertz CT molecular complexity index is 999. The van der Waals surface area contributed by atoms with Crippen molar-refractivity contribution in [3.8, 4) is 0 Å². The van der Waals surface area contributed by atoms with E-state index in [1.807, 2.05) is 6.92 Å². The van der Waals surface area contributed by atoms with E-state index in [0.29, 0.717) is 22.1 Å². The molecule has 0 aliphatic carbocycles. The maximum absolute atomic E-state index is 12.4. The number of rotatable bonds is 5. The molecule has 0 radical (unpaired) electrons. The highest BCUT2D eigenvalue weighted by atomic mass is 35.5. The fourth-order valence-corrected chi connectivity index (χ4v) is 2.95. The SMILES string of the molecule is CCn1nnc2cc(C(=O)O[C@@H](C)C(=O)Nc3c(Cl)cccc3Cl)ccc21. The highest BCUT2D eigenvalue weighted by molar-refractivity contribution is 6.39. The highest BCUT2D eigenvalue weighted by Crippen LogP contribution is 2.30. The molecule has 1 N–H and O–H groups in total. The number of ether oxygens (including phenoxy) is 1. The Hall–Kier alpha value is -2.64. The molecule has 140 valence electrons. The van der Waals surface area contributed by atoms with Crippen molar-refractivity contribution in [2.24, 2.45) is 0 Å². The highest BCUT2D eigenvalue weighted by Gasteiger charge is 2.21. The number of hydrogen-bond acceptors (Lipinski definition) is 5. The van der Waals surface area contributed by atoms with E-state index in [1.165, 1.54) is 6.92 Å². The number of fused-ring (bicyclic) bond motifs is 1. The molecular weight excluding hydrogens is 391 g/mol. The zero-order chi connectivity index (χ0) is 19.6. The molecule has 0 saturated heterocycles. The molecule has 0 fully saturated rings. The van der Waals surface area contributed by atoms with Gasteiger partial charge in [-0.15, -0.1) is 5.10 Å². The fourth-order valence-electron chi connectivity index (χ4n) is 2.46. The molecule has 1 atom stereocenters. The Morgan fingerprint density at radius 1 is 1.22 bits per heavy atom. The van der Waals surface area contributed by atoms with E-state index in [1.54, 1.807) is 41.1 Å². The Kier molecular flexibility index (Phi) is 5.62. The number of para-hydroxylation sites is 1. The zero-order valence-corrected chi connectivity index (χ0v) is 16.1. The number of hydrogen-bond donors (Lipinski definition) is 1. The van der Waals surface area contributed by atoms with Gasteiger partial charge in [0.15, 0.2) is 6.10 Å². The minimum Gasteiger partial charge on any atom is -0.449 e. The largest absolute Gasteiger partial charge is 0.449 e. The second-order valence-corrected chi connectivity index (χ2v) is 6.56. The van der Waals surface area contributed by atoms with E-state index < -0.39 is 18.0 Å². The third-order valence-corrected chi connectivity index (χ3v) is 4.54. The van der Waals surface area contributed by atoms with Crippen molar-refractivity contribution in [1.82, 2.24) is 15.0 Å². The van der Waals surface area contributed by atoms with Crippen LogP contribution in [0.1, 0.15) is 24.2 Å². The van der Waals surface area contributed by atoms with E-state index in [9.17, 15) is 9.59 Å². The average molecular weight is 407 g/mol. The van der Waals surface area contributed by atoms with Crippen molar-refractivity contribution < 1.29 is 14.3 Å². The van der Waals surface area contributed by atoms with Crippen LogP contribution in [0.25, 0.3) is 11.0 Å². The Morgan fingerprint density at radius 2 is 1.93 bits per heavy atom. The predicted molar refractivity (Wildman–Crippen MR) is 103 cm³/mol. The van der Waals surface area contributed by atoms with Crippen molar-refractivity contribution in [3.05, 3.63) is 52.0 Å². The summed E-state index contributed by atoms with van der Waals surface area (Å²) in [5.74, 6) is -1.19. The molecule has 0 saturated carbocycles. The molecule has 3 rings (SSSR count). The number of amides is 1. The fraction of sp³-hybridized carbons (Fsp3) is 0.222. The molecule has 1 aromatic heterocycles. The molecule has 0 aliphatic rings. The maximum atomic E-state index is 12.4. The van der Waals surface area contributed by atoms with Crippen LogP contribution in [0.5, 0.6) is 0 Å². The number of nitrogens with zero attached hydrogens (tertiary/aromatic N) is 3. The van der Waals surface area contributed by atoms with Crippen LogP contribution in [0.15, 0.2) is 36.4 Å². The summed E-state index contributed by atoms with van der Waals surface area (Å²) in [5, 5.41) is 11.2. The van der Waals surface area contributed by atoms with Gasteiger partial charge < -0.3 is 10.1 Å². The lowest BCUT2D eigenvalue weighted by Crippen LogP contribution is -2.30. The van der Waals surface area contributed by atoms with Crippen LogP contribution < -0.4 is 5.32 Å². The first-order valence-electron chi connectivity index (χ1n) is 8.19. The van der Waals surface area contributed by atoms with Gasteiger partial charge in [0.1, 0.15) is 5.52 Å². The van der Waals surface area contributed by atoms with Crippen molar-refractivity contribution in [2.75, 3.05) is 5.32 Å². The second-order valence-electron chi connectivity index (χ2n) is 5.74. The van der Waals surface area contributed by atoms with Gasteiger partial charge in [0.2, 0.25) is 0 Å². The number of carbonyl (C=O) groups is 2. The number of aryl methyl sites for hydroxylation is 1. The Morgan fingerprint density at radius 3 is 2.59 bits per heavy atom. The topological polar surface area (TPSA) is 86.1 Å². The van der Waals surface area contributed by atoms with Crippen LogP contribution in [0.4, 0.5) is 5.69 Å². The van der Waals surface area contributed by atoms with Crippen molar-refractivity contribution in [2.45, 2.75) is 26.5 Å². The maximum Gasteiger partial charge on any atom is 0.338 e. The number of halogens is 2. The molecule has 1 amide bonds. The number of anilines is 1.